The lowest BCUT2D eigenvalue weighted by molar-refractivity contribution is 0.103. The van der Waals surface area contributed by atoms with Gasteiger partial charge in [0.15, 0.2) is 5.65 Å². The van der Waals surface area contributed by atoms with Crippen molar-refractivity contribution in [3.8, 4) is 11.3 Å². The Hall–Kier alpha value is -2.40. The lowest BCUT2D eigenvalue weighted by Crippen LogP contribution is -2.00. The molecule has 5 heteroatoms. The predicted octanol–water partition coefficient (Wildman–Crippen LogP) is 2.90. The van der Waals surface area contributed by atoms with Gasteiger partial charge in [0.05, 0.1) is 0 Å². The summed E-state index contributed by atoms with van der Waals surface area (Å²) in [5.41, 5.74) is 3.79. The van der Waals surface area contributed by atoms with Crippen molar-refractivity contribution in [1.29, 1.82) is 0 Å². The number of carbonyl (C=O) groups excluding carboxylic acids is 1. The maximum absolute atomic E-state index is 12.3. The van der Waals surface area contributed by atoms with Gasteiger partial charge in [-0.15, -0.1) is 0 Å². The molecule has 0 atom stereocenters. The number of nitrogens with one attached hydrogen (secondary N) is 1. The van der Waals surface area contributed by atoms with Crippen LogP contribution in [0.1, 0.15) is 16.1 Å². The van der Waals surface area contributed by atoms with Crippen LogP contribution in [-0.4, -0.2) is 20.7 Å². The first-order valence-electron chi connectivity index (χ1n) is 5.79. The van der Waals surface area contributed by atoms with E-state index in [0.29, 0.717) is 32.8 Å². The predicted molar refractivity (Wildman–Crippen MR) is 73.6 cm³/mol. The van der Waals surface area contributed by atoms with E-state index in [2.05, 4.69) is 15.0 Å². The monoisotopic (exact) mass is 265 g/mol. The van der Waals surface area contributed by atoms with Crippen molar-refractivity contribution in [2.75, 3.05) is 0 Å². The largest absolute Gasteiger partial charge is 0.329 e. The van der Waals surface area contributed by atoms with E-state index in [1.807, 2.05) is 18.2 Å². The number of fused-ring (bicyclic) bond motifs is 4. The fourth-order valence-electron chi connectivity index (χ4n) is 2.33. The summed E-state index contributed by atoms with van der Waals surface area (Å²) in [7, 11) is 0. The Morgan fingerprint density at radius 1 is 0.947 bits per heavy atom. The lowest BCUT2D eigenvalue weighted by Gasteiger charge is -2.01. The number of rotatable bonds is 0. The van der Waals surface area contributed by atoms with Crippen molar-refractivity contribution < 1.29 is 4.79 Å². The van der Waals surface area contributed by atoms with Crippen molar-refractivity contribution >= 4 is 29.2 Å². The van der Waals surface area contributed by atoms with Crippen LogP contribution in [0.5, 0.6) is 0 Å². The standard InChI is InChI=1S/C14H7N3OS/c18-13-8-4-2-1-3-7(8)11-12(13)15-9-5-6-10(19)16-14(9)17-11/h1-6H,(H,16,17,19). The number of nitrogens with zero attached hydrogens (tertiary/aromatic N) is 2. The van der Waals surface area contributed by atoms with E-state index in [1.54, 1.807) is 18.2 Å². The van der Waals surface area contributed by atoms with Crippen molar-refractivity contribution in [1.82, 2.24) is 15.0 Å². The molecule has 0 unspecified atom stereocenters. The quantitative estimate of drug-likeness (QED) is 0.497. The molecule has 19 heavy (non-hydrogen) atoms. The number of aromatic amines is 1. The summed E-state index contributed by atoms with van der Waals surface area (Å²) in [6.45, 7) is 0. The fourth-order valence-corrected chi connectivity index (χ4v) is 2.50. The SMILES string of the molecule is O=C1c2ccccc2-c2nc3[nH]c(=S)ccc3nc21. The Balaban J connectivity index is 2.14. The molecule has 0 bridgehead atoms. The number of hydrogen-bond donors (Lipinski definition) is 1. The van der Waals surface area contributed by atoms with Gasteiger partial charge in [0.1, 0.15) is 21.5 Å². The molecule has 1 aliphatic rings. The summed E-state index contributed by atoms with van der Waals surface area (Å²) in [5, 5.41) is 0. The number of benzene rings is 1. The minimum Gasteiger partial charge on any atom is -0.329 e. The normalized spacial score (nSPS) is 12.5. The van der Waals surface area contributed by atoms with E-state index in [1.165, 1.54) is 0 Å². The Labute approximate surface area is 113 Å². The van der Waals surface area contributed by atoms with Crippen molar-refractivity contribution in [3.05, 3.63) is 52.3 Å². The lowest BCUT2D eigenvalue weighted by atomic mass is 10.1. The van der Waals surface area contributed by atoms with Gasteiger partial charge in [0.2, 0.25) is 5.78 Å². The summed E-state index contributed by atoms with van der Waals surface area (Å²) >= 11 is 5.08. The second kappa shape index (κ2) is 3.55. The van der Waals surface area contributed by atoms with Crippen LogP contribution < -0.4 is 0 Å². The van der Waals surface area contributed by atoms with Gasteiger partial charge in [-0.1, -0.05) is 36.5 Å². The van der Waals surface area contributed by atoms with E-state index in [-0.39, 0.29) is 5.78 Å². The first-order chi connectivity index (χ1) is 9.24. The molecule has 2 heterocycles. The van der Waals surface area contributed by atoms with E-state index in [9.17, 15) is 4.79 Å². The Bertz CT molecular complexity index is 914. The number of carbonyl (C=O) groups is 1. The van der Waals surface area contributed by atoms with Gasteiger partial charge < -0.3 is 4.98 Å². The number of aromatic nitrogens is 3. The molecule has 1 aliphatic carbocycles. The zero-order chi connectivity index (χ0) is 13.0. The fraction of sp³-hybridized carbons (Fsp3) is 0. The van der Waals surface area contributed by atoms with Crippen LogP contribution >= 0.6 is 12.2 Å². The highest BCUT2D eigenvalue weighted by Gasteiger charge is 2.29. The highest BCUT2D eigenvalue weighted by molar-refractivity contribution is 7.71. The molecule has 3 aromatic rings. The second-order valence-corrected chi connectivity index (χ2v) is 4.79. The van der Waals surface area contributed by atoms with Crippen molar-refractivity contribution in [3.63, 3.8) is 0 Å². The summed E-state index contributed by atoms with van der Waals surface area (Å²) in [6, 6.07) is 10.9. The van der Waals surface area contributed by atoms with Gasteiger partial charge in [-0.05, 0) is 12.1 Å². The van der Waals surface area contributed by atoms with Crippen LogP contribution in [0.3, 0.4) is 0 Å². The average molecular weight is 265 g/mol. The van der Waals surface area contributed by atoms with Crippen LogP contribution in [0, 0.1) is 4.64 Å². The maximum Gasteiger partial charge on any atom is 0.214 e. The van der Waals surface area contributed by atoms with E-state index in [4.69, 9.17) is 12.2 Å². The van der Waals surface area contributed by atoms with Gasteiger partial charge in [0, 0.05) is 11.1 Å². The van der Waals surface area contributed by atoms with Crippen LogP contribution in [0.4, 0.5) is 0 Å². The summed E-state index contributed by atoms with van der Waals surface area (Å²) in [4.78, 5) is 24.2. The molecule has 90 valence electrons. The second-order valence-electron chi connectivity index (χ2n) is 4.35. The highest BCUT2D eigenvalue weighted by Crippen LogP contribution is 2.34. The molecule has 0 spiro atoms. The zero-order valence-electron chi connectivity index (χ0n) is 9.68. The van der Waals surface area contributed by atoms with Crippen LogP contribution in [0.15, 0.2) is 36.4 Å². The average Bonchev–Trinajstić information content (AvgIpc) is 2.70. The summed E-state index contributed by atoms with van der Waals surface area (Å²) in [5.74, 6) is -0.0672. The van der Waals surface area contributed by atoms with Gasteiger partial charge in [-0.3, -0.25) is 4.79 Å². The highest BCUT2D eigenvalue weighted by atomic mass is 32.1. The minimum absolute atomic E-state index is 0.0672. The van der Waals surface area contributed by atoms with Gasteiger partial charge in [-0.25, -0.2) is 9.97 Å². The molecule has 0 amide bonds. The smallest absolute Gasteiger partial charge is 0.214 e. The van der Waals surface area contributed by atoms with E-state index >= 15 is 0 Å². The first-order valence-corrected chi connectivity index (χ1v) is 6.20. The zero-order valence-corrected chi connectivity index (χ0v) is 10.5. The molecule has 0 saturated heterocycles. The Morgan fingerprint density at radius 2 is 1.74 bits per heavy atom. The topological polar surface area (TPSA) is 58.6 Å². The summed E-state index contributed by atoms with van der Waals surface area (Å²) in [6.07, 6.45) is 0. The molecule has 4 nitrogen and oxygen atoms in total. The molecule has 0 fully saturated rings. The number of hydrogen-bond acceptors (Lipinski definition) is 4. The molecule has 1 N–H and O–H groups in total. The Kier molecular flexibility index (Phi) is 1.97. The van der Waals surface area contributed by atoms with E-state index in [0.717, 1.165) is 5.56 Å². The minimum atomic E-state index is -0.0672. The van der Waals surface area contributed by atoms with Crippen LogP contribution in [-0.2, 0) is 0 Å². The number of ketones is 1. The van der Waals surface area contributed by atoms with Crippen LogP contribution in [0.25, 0.3) is 22.4 Å². The molecule has 4 rings (SSSR count). The maximum atomic E-state index is 12.3. The number of H-pyrrole nitrogens is 1. The van der Waals surface area contributed by atoms with Gasteiger partial charge in [-0.2, -0.15) is 0 Å². The molecule has 0 aliphatic heterocycles. The Morgan fingerprint density at radius 3 is 2.58 bits per heavy atom. The third kappa shape index (κ3) is 1.39. The third-order valence-corrected chi connectivity index (χ3v) is 3.44. The van der Waals surface area contributed by atoms with Crippen LogP contribution in [0.2, 0.25) is 0 Å². The van der Waals surface area contributed by atoms with Crippen molar-refractivity contribution in [2.45, 2.75) is 0 Å². The third-order valence-electron chi connectivity index (χ3n) is 3.20. The van der Waals surface area contributed by atoms with Gasteiger partial charge in [0.25, 0.3) is 0 Å². The van der Waals surface area contributed by atoms with Gasteiger partial charge >= 0.3 is 0 Å². The molecule has 2 aromatic heterocycles. The molecule has 0 saturated carbocycles. The molecular formula is C14H7N3OS. The molecule has 0 radical (unpaired) electrons. The first kappa shape index (κ1) is 10.5. The summed E-state index contributed by atoms with van der Waals surface area (Å²) < 4.78 is 0.597. The molecule has 1 aromatic carbocycles. The van der Waals surface area contributed by atoms with Crippen molar-refractivity contribution in [2.24, 2.45) is 0 Å². The van der Waals surface area contributed by atoms with E-state index < -0.39 is 0 Å². The molecular weight excluding hydrogens is 258 g/mol. The number of pyridine rings is 1.